The SMILES string of the molecule is Nc1ncnc2c1c(SC(F)F)nn2[C@H]1C[C@H](O)[C@@H](COS(N)(=O)=O)O1. The summed E-state index contributed by atoms with van der Waals surface area (Å²) in [5.74, 6) is -2.77. The van der Waals surface area contributed by atoms with Gasteiger partial charge in [0.15, 0.2) is 11.9 Å². The van der Waals surface area contributed by atoms with Crippen molar-refractivity contribution in [1.29, 1.82) is 0 Å². The summed E-state index contributed by atoms with van der Waals surface area (Å²) in [5, 5.41) is 18.9. The maximum Gasteiger partial charge on any atom is 0.333 e. The molecule has 1 aliphatic rings. The Labute approximate surface area is 149 Å². The second kappa shape index (κ2) is 7.16. The molecule has 1 fully saturated rings. The second-order valence-corrected chi connectivity index (χ2v) is 7.50. The molecular weight excluding hydrogens is 398 g/mol. The molecule has 0 saturated carbocycles. The molecule has 3 heterocycles. The van der Waals surface area contributed by atoms with Gasteiger partial charge < -0.3 is 15.6 Å². The second-order valence-electron chi connectivity index (χ2n) is 5.30. The molecule has 0 spiro atoms. The largest absolute Gasteiger partial charge is 0.390 e. The van der Waals surface area contributed by atoms with Gasteiger partial charge in [0.05, 0.1) is 18.1 Å². The zero-order valence-electron chi connectivity index (χ0n) is 12.9. The van der Waals surface area contributed by atoms with Crippen LogP contribution < -0.4 is 10.9 Å². The van der Waals surface area contributed by atoms with Crippen molar-refractivity contribution in [2.75, 3.05) is 12.3 Å². The van der Waals surface area contributed by atoms with Crippen molar-refractivity contribution >= 4 is 38.9 Å². The van der Waals surface area contributed by atoms with Crippen LogP contribution in [0.15, 0.2) is 11.4 Å². The first-order chi connectivity index (χ1) is 12.2. The monoisotopic (exact) mass is 412 g/mol. The number of hydrogen-bond acceptors (Lipinski definition) is 10. The van der Waals surface area contributed by atoms with Crippen molar-refractivity contribution in [3.05, 3.63) is 6.33 Å². The summed E-state index contributed by atoms with van der Waals surface area (Å²) in [6, 6.07) is 0. The third-order valence-corrected chi connectivity index (χ3v) is 4.71. The predicted octanol–water partition coefficient (Wildman–Crippen LogP) is -0.408. The van der Waals surface area contributed by atoms with Crippen LogP contribution in [0.1, 0.15) is 12.6 Å². The van der Waals surface area contributed by atoms with E-state index in [4.69, 9.17) is 15.6 Å². The highest BCUT2D eigenvalue weighted by Crippen LogP contribution is 2.37. The Morgan fingerprint density at radius 2 is 2.23 bits per heavy atom. The molecule has 1 saturated heterocycles. The van der Waals surface area contributed by atoms with Crippen LogP contribution in [-0.2, 0) is 19.2 Å². The van der Waals surface area contributed by atoms with Gasteiger partial charge in [-0.05, 0) is 11.8 Å². The van der Waals surface area contributed by atoms with E-state index in [9.17, 15) is 22.3 Å². The molecule has 0 aromatic carbocycles. The minimum atomic E-state index is -4.20. The van der Waals surface area contributed by atoms with Crippen LogP contribution in [-0.4, -0.2) is 57.8 Å². The summed E-state index contributed by atoms with van der Waals surface area (Å²) in [4.78, 5) is 7.76. The molecule has 11 nitrogen and oxygen atoms in total. The van der Waals surface area contributed by atoms with E-state index in [0.717, 1.165) is 6.33 Å². The Morgan fingerprint density at radius 3 is 2.88 bits per heavy atom. The summed E-state index contributed by atoms with van der Waals surface area (Å²) in [5.41, 5.74) is 5.89. The van der Waals surface area contributed by atoms with Gasteiger partial charge in [0, 0.05) is 6.42 Å². The number of nitrogens with two attached hydrogens (primary N) is 2. The van der Waals surface area contributed by atoms with Crippen LogP contribution in [0.2, 0.25) is 0 Å². The lowest BCUT2D eigenvalue weighted by Gasteiger charge is -2.14. The molecule has 3 atom stereocenters. The highest BCUT2D eigenvalue weighted by Gasteiger charge is 2.38. The molecular formula is C11H14F2N6O5S2. The van der Waals surface area contributed by atoms with Gasteiger partial charge in [-0.25, -0.2) is 19.8 Å². The van der Waals surface area contributed by atoms with E-state index in [1.165, 1.54) is 4.68 Å². The van der Waals surface area contributed by atoms with Gasteiger partial charge in [-0.3, -0.25) is 4.18 Å². The zero-order chi connectivity index (χ0) is 19.1. The van der Waals surface area contributed by atoms with E-state index < -0.39 is 41.1 Å². The van der Waals surface area contributed by atoms with E-state index in [1.807, 2.05) is 0 Å². The quantitative estimate of drug-likeness (QED) is 0.530. The van der Waals surface area contributed by atoms with Gasteiger partial charge in [-0.15, -0.1) is 0 Å². The summed E-state index contributed by atoms with van der Waals surface area (Å²) < 4.78 is 58.4. The Morgan fingerprint density at radius 1 is 1.50 bits per heavy atom. The number of fused-ring (bicyclic) bond motifs is 1. The van der Waals surface area contributed by atoms with Crippen LogP contribution in [0.3, 0.4) is 0 Å². The molecule has 0 amide bonds. The van der Waals surface area contributed by atoms with Crippen molar-refractivity contribution in [2.45, 2.75) is 35.6 Å². The molecule has 0 radical (unpaired) electrons. The predicted molar refractivity (Wildman–Crippen MR) is 85.2 cm³/mol. The Balaban J connectivity index is 1.90. The van der Waals surface area contributed by atoms with E-state index in [1.54, 1.807) is 0 Å². The lowest BCUT2D eigenvalue weighted by Crippen LogP contribution is -2.30. The molecule has 5 N–H and O–H groups in total. The fourth-order valence-corrected chi connectivity index (χ4v) is 3.45. The van der Waals surface area contributed by atoms with Gasteiger partial charge in [0.25, 0.3) is 5.76 Å². The number of aliphatic hydroxyl groups is 1. The number of anilines is 1. The summed E-state index contributed by atoms with van der Waals surface area (Å²) in [6.45, 7) is -0.508. The molecule has 0 unspecified atom stereocenters. The molecule has 1 aliphatic heterocycles. The van der Waals surface area contributed by atoms with Gasteiger partial charge >= 0.3 is 10.3 Å². The van der Waals surface area contributed by atoms with E-state index in [2.05, 4.69) is 19.2 Å². The van der Waals surface area contributed by atoms with Crippen molar-refractivity contribution in [3.63, 3.8) is 0 Å². The van der Waals surface area contributed by atoms with Crippen LogP contribution >= 0.6 is 11.8 Å². The maximum absolute atomic E-state index is 12.8. The average molecular weight is 412 g/mol. The number of hydrogen-bond donors (Lipinski definition) is 3. The first kappa shape index (κ1) is 19.1. The zero-order valence-corrected chi connectivity index (χ0v) is 14.5. The van der Waals surface area contributed by atoms with Crippen molar-refractivity contribution in [2.24, 2.45) is 5.14 Å². The van der Waals surface area contributed by atoms with Gasteiger partial charge in [-0.1, -0.05) is 0 Å². The van der Waals surface area contributed by atoms with Gasteiger partial charge in [0.2, 0.25) is 0 Å². The molecule has 0 aliphatic carbocycles. The Kier molecular flexibility index (Phi) is 5.27. The third kappa shape index (κ3) is 4.02. The van der Waals surface area contributed by atoms with Gasteiger partial charge in [-0.2, -0.15) is 22.3 Å². The number of ether oxygens (including phenoxy) is 1. The van der Waals surface area contributed by atoms with Crippen molar-refractivity contribution in [1.82, 2.24) is 19.7 Å². The number of thioether (sulfide) groups is 1. The average Bonchev–Trinajstić information content (AvgIpc) is 3.06. The number of aromatic nitrogens is 4. The lowest BCUT2D eigenvalue weighted by molar-refractivity contribution is -0.0415. The topological polar surface area (TPSA) is 168 Å². The number of alkyl halides is 2. The smallest absolute Gasteiger partial charge is 0.333 e. The number of rotatable bonds is 6. The molecule has 15 heteroatoms. The molecule has 144 valence electrons. The first-order valence-corrected chi connectivity index (χ1v) is 9.45. The standard InChI is InChI=1S/C11H14F2N6O5S2/c12-11(13)25-10-7-8(14)16-3-17-9(7)19(18-10)6-1-4(20)5(24-6)2-23-26(15,21)22/h3-6,11,20H,1-2H2,(H2,14,16,17)(H2,15,21,22)/t4-,5+,6+/m0/s1. The van der Waals surface area contributed by atoms with Crippen LogP contribution in [0.25, 0.3) is 11.0 Å². The molecule has 2 aromatic rings. The summed E-state index contributed by atoms with van der Waals surface area (Å²) >= 11 is 0.173. The minimum Gasteiger partial charge on any atom is -0.390 e. The highest BCUT2D eigenvalue weighted by atomic mass is 32.2. The van der Waals surface area contributed by atoms with Gasteiger partial charge in [0.1, 0.15) is 23.3 Å². The maximum atomic E-state index is 12.8. The number of halogens is 2. The van der Waals surface area contributed by atoms with Crippen LogP contribution in [0.5, 0.6) is 0 Å². The normalized spacial score (nSPS) is 24.0. The third-order valence-electron chi connectivity index (χ3n) is 3.56. The first-order valence-electron chi connectivity index (χ1n) is 7.10. The highest BCUT2D eigenvalue weighted by molar-refractivity contribution is 7.99. The lowest BCUT2D eigenvalue weighted by atomic mass is 10.2. The molecule has 0 bridgehead atoms. The minimum absolute atomic E-state index is 0.00187. The Hall–Kier alpha value is -1.65. The van der Waals surface area contributed by atoms with Crippen LogP contribution in [0.4, 0.5) is 14.6 Å². The Bertz CT molecular complexity index is 910. The molecule has 26 heavy (non-hydrogen) atoms. The fraction of sp³-hybridized carbons (Fsp3) is 0.545. The molecule has 3 rings (SSSR count). The number of nitrogens with zero attached hydrogens (tertiary/aromatic N) is 4. The van der Waals surface area contributed by atoms with Crippen LogP contribution in [0, 0.1) is 0 Å². The number of aliphatic hydroxyl groups excluding tert-OH is 1. The van der Waals surface area contributed by atoms with Crippen molar-refractivity contribution < 1.29 is 31.2 Å². The fourth-order valence-electron chi connectivity index (χ4n) is 2.51. The van der Waals surface area contributed by atoms with E-state index in [-0.39, 0.29) is 40.1 Å². The molecule has 2 aromatic heterocycles. The number of nitrogen functional groups attached to an aromatic ring is 1. The van der Waals surface area contributed by atoms with E-state index in [0.29, 0.717) is 0 Å². The summed E-state index contributed by atoms with van der Waals surface area (Å²) in [6.07, 6.45) is -1.87. The van der Waals surface area contributed by atoms with Crippen molar-refractivity contribution in [3.8, 4) is 0 Å². The van der Waals surface area contributed by atoms with E-state index >= 15 is 0 Å². The summed E-state index contributed by atoms with van der Waals surface area (Å²) in [7, 11) is -4.20.